The molecule has 0 atom stereocenters. The maximum atomic E-state index is 5.72. The summed E-state index contributed by atoms with van der Waals surface area (Å²) in [6.45, 7) is 0.0682. The SMILES string of the molecule is c1ccc(-c2cc(-c3ccccc3)nc(-c3ccc(-n4c5ccccc5c5c6sc7ccccc7c6ccc54)c(-c4nc(-c5ccccc5)cc(-c5cccc(-c6ccc(N7c8ccccc8B8c9ccccc9N(c9ccccc9)c9cccc7c98)cc6)c5)n4)c3)n2)cc1. The number of para-hydroxylation sites is 4. The van der Waals surface area contributed by atoms with E-state index in [0.717, 1.165) is 95.4 Å². The van der Waals surface area contributed by atoms with Crippen LogP contribution >= 0.6 is 11.3 Å². The van der Waals surface area contributed by atoms with Crippen LogP contribution in [0.1, 0.15) is 0 Å². The van der Waals surface area contributed by atoms with Crippen LogP contribution in [0.3, 0.4) is 0 Å². The predicted octanol–water partition coefficient (Wildman–Crippen LogP) is 20.5. The van der Waals surface area contributed by atoms with Crippen LogP contribution in [0.2, 0.25) is 0 Å². The zero-order valence-electron chi connectivity index (χ0n) is 51.3. The summed E-state index contributed by atoms with van der Waals surface area (Å²) in [5.41, 5.74) is 25.1. The van der Waals surface area contributed by atoms with Crippen LogP contribution in [0.4, 0.5) is 34.1 Å². The Bertz CT molecular complexity index is 5820. The Morgan fingerprint density at radius 2 is 0.768 bits per heavy atom. The highest BCUT2D eigenvalue weighted by Gasteiger charge is 2.43. The monoisotopic (exact) mass is 1230 g/mol. The topological polar surface area (TPSA) is 63.0 Å². The molecule has 7 nitrogen and oxygen atoms in total. The standard InChI is InChI=1S/C86H54BN7S/c1-5-23-56(24-6-1)70-53-71(57-25-7-2-8-26-57)89-85(88-70)61-45-49-75(94-74-37-17-13-34-66(74)82-78(94)50-48-65-64-33-14-20-42-81(64)95-84(65)82)67(52-61)86-90-72(58-27-9-3-10-28-58)54-73(91-86)60-30-21-29-59(51-60)55-43-46-63(47-44-55)93-77-39-19-16-36-69(77)87-68-35-15-18-38-76(68)92(62-31-11-4-12-32-62)79-40-22-41-80(93)83(79)87/h1-54H. The van der Waals surface area contributed by atoms with Gasteiger partial charge in [0.25, 0.3) is 6.71 Å². The number of thiophene rings is 1. The molecule has 0 N–H and O–H groups in total. The second-order valence-corrected chi connectivity index (χ2v) is 25.5. The minimum absolute atomic E-state index is 0.0682. The molecule has 0 bridgehead atoms. The summed E-state index contributed by atoms with van der Waals surface area (Å²) in [5, 5.41) is 4.93. The summed E-state index contributed by atoms with van der Waals surface area (Å²) >= 11 is 1.86. The van der Waals surface area contributed by atoms with Crippen molar-refractivity contribution in [2.45, 2.75) is 0 Å². The van der Waals surface area contributed by atoms with E-state index < -0.39 is 0 Å². The molecule has 0 spiro atoms. The zero-order chi connectivity index (χ0) is 62.5. The maximum absolute atomic E-state index is 5.72. The third-order valence-electron chi connectivity index (χ3n) is 19.0. The molecule has 0 unspecified atom stereocenters. The molecule has 19 rings (SSSR count). The van der Waals surface area contributed by atoms with Gasteiger partial charge in [0.05, 0.1) is 39.5 Å². The summed E-state index contributed by atoms with van der Waals surface area (Å²) in [7, 11) is 0. The number of anilines is 6. The number of nitrogens with zero attached hydrogens (tertiary/aromatic N) is 7. The van der Waals surface area contributed by atoms with Crippen molar-refractivity contribution in [2.24, 2.45) is 0 Å². The fourth-order valence-electron chi connectivity index (χ4n) is 14.7. The number of hydrogen-bond acceptors (Lipinski definition) is 7. The molecule has 0 amide bonds. The number of hydrogen-bond donors (Lipinski definition) is 0. The summed E-state index contributed by atoms with van der Waals surface area (Å²) in [6.07, 6.45) is 0. The number of aromatic nitrogens is 5. The second-order valence-electron chi connectivity index (χ2n) is 24.4. The smallest absolute Gasteiger partial charge is 0.252 e. The summed E-state index contributed by atoms with van der Waals surface area (Å²) in [4.78, 5) is 27.0. The van der Waals surface area contributed by atoms with Gasteiger partial charge in [0.1, 0.15) is 0 Å². The largest absolute Gasteiger partial charge is 0.311 e. The lowest BCUT2D eigenvalue weighted by molar-refractivity contribution is 1.13. The van der Waals surface area contributed by atoms with E-state index in [0.29, 0.717) is 11.6 Å². The van der Waals surface area contributed by atoms with Crippen molar-refractivity contribution in [3.8, 4) is 84.6 Å². The van der Waals surface area contributed by atoms with Gasteiger partial charge in [-0.3, -0.25) is 0 Å². The molecule has 9 heteroatoms. The Kier molecular flexibility index (Phi) is 12.7. The van der Waals surface area contributed by atoms with Gasteiger partial charge in [-0.15, -0.1) is 11.3 Å². The Morgan fingerprint density at radius 1 is 0.284 bits per heavy atom. The van der Waals surface area contributed by atoms with Gasteiger partial charge >= 0.3 is 0 Å². The Hall–Kier alpha value is -12.3. The van der Waals surface area contributed by atoms with Crippen LogP contribution in [-0.2, 0) is 0 Å². The van der Waals surface area contributed by atoms with E-state index in [-0.39, 0.29) is 6.71 Å². The summed E-state index contributed by atoms with van der Waals surface area (Å²) < 4.78 is 4.95. The molecule has 0 aliphatic carbocycles. The van der Waals surface area contributed by atoms with Crippen molar-refractivity contribution in [3.05, 3.63) is 328 Å². The quantitative estimate of drug-likeness (QED) is 0.127. The minimum Gasteiger partial charge on any atom is -0.311 e. The molecule has 17 aromatic rings. The number of rotatable bonds is 10. The van der Waals surface area contributed by atoms with Gasteiger partial charge in [0.15, 0.2) is 11.6 Å². The Morgan fingerprint density at radius 3 is 1.41 bits per heavy atom. The molecule has 2 aliphatic heterocycles. The molecule has 0 fully saturated rings. The van der Waals surface area contributed by atoms with E-state index >= 15 is 0 Å². The molecule has 6 heterocycles. The van der Waals surface area contributed by atoms with Crippen molar-refractivity contribution in [1.82, 2.24) is 24.5 Å². The first-order valence-corrected chi connectivity index (χ1v) is 33.0. The van der Waals surface area contributed by atoms with Crippen LogP contribution in [0.25, 0.3) is 127 Å². The third-order valence-corrected chi connectivity index (χ3v) is 20.2. The fraction of sp³-hybridized carbons (Fsp3) is 0. The highest BCUT2D eigenvalue weighted by Crippen LogP contribution is 2.47. The Balaban J connectivity index is 0.771. The number of benzene rings is 13. The van der Waals surface area contributed by atoms with E-state index in [2.05, 4.69) is 330 Å². The van der Waals surface area contributed by atoms with Crippen LogP contribution in [0, 0.1) is 0 Å². The van der Waals surface area contributed by atoms with Gasteiger partial charge in [-0.2, -0.15) is 0 Å². The zero-order valence-corrected chi connectivity index (χ0v) is 52.1. The lowest BCUT2D eigenvalue weighted by atomic mass is 9.33. The Labute approximate surface area is 553 Å². The van der Waals surface area contributed by atoms with E-state index in [9.17, 15) is 0 Å². The van der Waals surface area contributed by atoms with E-state index in [1.807, 2.05) is 23.5 Å². The first-order chi connectivity index (χ1) is 47.1. The normalized spacial score (nSPS) is 12.4. The van der Waals surface area contributed by atoms with Gasteiger partial charge in [-0.1, -0.05) is 224 Å². The van der Waals surface area contributed by atoms with Crippen LogP contribution in [0.5, 0.6) is 0 Å². The molecule has 2 aliphatic rings. The van der Waals surface area contributed by atoms with Gasteiger partial charge in [-0.25, -0.2) is 19.9 Å². The van der Waals surface area contributed by atoms with E-state index in [4.69, 9.17) is 19.9 Å². The molecular weight excluding hydrogens is 1170 g/mol. The van der Waals surface area contributed by atoms with Crippen molar-refractivity contribution in [2.75, 3.05) is 9.80 Å². The average Bonchev–Trinajstić information content (AvgIpc) is 1.25. The van der Waals surface area contributed by atoms with Crippen molar-refractivity contribution >= 4 is 111 Å². The van der Waals surface area contributed by atoms with Gasteiger partial charge in [-0.05, 0) is 131 Å². The minimum atomic E-state index is 0.0682. The van der Waals surface area contributed by atoms with Crippen molar-refractivity contribution in [3.63, 3.8) is 0 Å². The van der Waals surface area contributed by atoms with Crippen LogP contribution in [0.15, 0.2) is 328 Å². The van der Waals surface area contributed by atoms with Gasteiger partial charge in [0.2, 0.25) is 0 Å². The number of fused-ring (bicyclic) bond motifs is 11. The summed E-state index contributed by atoms with van der Waals surface area (Å²) in [6, 6.07) is 117. The van der Waals surface area contributed by atoms with Crippen molar-refractivity contribution < 1.29 is 0 Å². The maximum Gasteiger partial charge on any atom is 0.252 e. The lowest BCUT2D eigenvalue weighted by Gasteiger charge is -2.44. The molecule has 95 heavy (non-hydrogen) atoms. The molecule has 4 aromatic heterocycles. The van der Waals surface area contributed by atoms with Crippen LogP contribution < -0.4 is 26.2 Å². The fourth-order valence-corrected chi connectivity index (χ4v) is 16.0. The third kappa shape index (κ3) is 9.03. The highest BCUT2D eigenvalue weighted by molar-refractivity contribution is 7.26. The van der Waals surface area contributed by atoms with Gasteiger partial charge < -0.3 is 14.4 Å². The molecule has 0 saturated heterocycles. The summed E-state index contributed by atoms with van der Waals surface area (Å²) in [5.74, 6) is 1.18. The molecular formula is C86H54BN7S. The first-order valence-electron chi connectivity index (χ1n) is 32.2. The van der Waals surface area contributed by atoms with Gasteiger partial charge in [0, 0.05) is 98.4 Å². The van der Waals surface area contributed by atoms with E-state index in [1.165, 1.54) is 70.1 Å². The second kappa shape index (κ2) is 22.2. The molecule has 0 radical (unpaired) electrons. The van der Waals surface area contributed by atoms with Crippen LogP contribution in [-0.4, -0.2) is 31.2 Å². The molecule has 442 valence electrons. The lowest BCUT2D eigenvalue weighted by Crippen LogP contribution is -2.61. The molecule has 0 saturated carbocycles. The first kappa shape index (κ1) is 54.4. The highest BCUT2D eigenvalue weighted by atomic mass is 32.1. The molecule has 13 aromatic carbocycles. The van der Waals surface area contributed by atoms with Crippen molar-refractivity contribution in [1.29, 1.82) is 0 Å². The predicted molar refractivity (Wildman–Crippen MR) is 397 cm³/mol. The van der Waals surface area contributed by atoms with E-state index in [1.54, 1.807) is 0 Å². The average molecular weight is 1230 g/mol.